The fourth-order valence-electron chi connectivity index (χ4n) is 1.55. The van der Waals surface area contributed by atoms with Gasteiger partial charge in [-0.2, -0.15) is 0 Å². The van der Waals surface area contributed by atoms with Crippen molar-refractivity contribution in [3.8, 4) is 0 Å². The van der Waals surface area contributed by atoms with Gasteiger partial charge in [-0.05, 0) is 37.6 Å². The number of ketones is 1. The zero-order valence-electron chi connectivity index (χ0n) is 8.54. The largest absolute Gasteiger partial charge is 0.295 e. The van der Waals surface area contributed by atoms with Crippen LogP contribution >= 0.6 is 0 Å². The van der Waals surface area contributed by atoms with Gasteiger partial charge in [-0.1, -0.05) is 0 Å². The predicted molar refractivity (Wildman–Crippen MR) is 56.4 cm³/mol. The Morgan fingerprint density at radius 1 is 1.40 bits per heavy atom. The Morgan fingerprint density at radius 2 is 2.13 bits per heavy atom. The average Bonchev–Trinajstić information content (AvgIpc) is 2.19. The molecule has 0 saturated carbocycles. The lowest BCUT2D eigenvalue weighted by atomic mass is 10.0. The Kier molecular flexibility index (Phi) is 2.23. The van der Waals surface area contributed by atoms with Crippen molar-refractivity contribution in [1.82, 2.24) is 4.98 Å². The van der Waals surface area contributed by atoms with Gasteiger partial charge >= 0.3 is 0 Å². The molecule has 0 aliphatic carbocycles. The Balaban J connectivity index is 2.85. The van der Waals surface area contributed by atoms with Crippen molar-refractivity contribution in [1.29, 1.82) is 0 Å². The van der Waals surface area contributed by atoms with Gasteiger partial charge in [0, 0.05) is 17.1 Å². The van der Waals surface area contributed by atoms with Crippen LogP contribution in [-0.4, -0.2) is 10.8 Å². The van der Waals surface area contributed by atoms with Gasteiger partial charge < -0.3 is 0 Å². The Hall–Kier alpha value is -1.77. The number of halogens is 1. The lowest BCUT2D eigenvalue weighted by Crippen LogP contribution is -1.96. The Bertz CT molecular complexity index is 549. The maximum Gasteiger partial charge on any atom is 0.159 e. The van der Waals surface area contributed by atoms with Crippen LogP contribution in [0.2, 0.25) is 0 Å². The number of fused-ring (bicyclic) bond motifs is 1. The minimum Gasteiger partial charge on any atom is -0.295 e. The number of hydrogen-bond acceptors (Lipinski definition) is 2. The van der Waals surface area contributed by atoms with E-state index >= 15 is 0 Å². The van der Waals surface area contributed by atoms with Crippen LogP contribution < -0.4 is 0 Å². The molecule has 1 heterocycles. The number of Topliss-reactive ketones (excluding diaryl/α,β-unsaturated/α-hetero) is 1. The maximum atomic E-state index is 13.6. The van der Waals surface area contributed by atoms with Crippen LogP contribution in [0.1, 0.15) is 22.8 Å². The standard InChI is InChI=1S/C12H10FNO/c1-7-3-4-14-12-10(7)5-9(8(2)15)6-11(12)13/h3-6H,1-2H3. The number of rotatable bonds is 1. The molecule has 15 heavy (non-hydrogen) atoms. The molecular weight excluding hydrogens is 193 g/mol. The molecule has 0 unspecified atom stereocenters. The maximum absolute atomic E-state index is 13.6. The van der Waals surface area contributed by atoms with Crippen molar-refractivity contribution in [2.24, 2.45) is 0 Å². The van der Waals surface area contributed by atoms with Gasteiger partial charge in [-0.15, -0.1) is 0 Å². The molecule has 2 aromatic rings. The molecule has 76 valence electrons. The van der Waals surface area contributed by atoms with Crippen LogP contribution in [0.3, 0.4) is 0 Å². The molecule has 0 saturated heterocycles. The van der Waals surface area contributed by atoms with E-state index in [0.717, 1.165) is 5.56 Å². The summed E-state index contributed by atoms with van der Waals surface area (Å²) < 4.78 is 13.6. The molecule has 0 aliphatic rings. The molecule has 0 radical (unpaired) electrons. The highest BCUT2D eigenvalue weighted by atomic mass is 19.1. The molecule has 0 bridgehead atoms. The molecule has 0 spiro atoms. The summed E-state index contributed by atoms with van der Waals surface area (Å²) in [5, 5.41) is 0.697. The number of aromatic nitrogens is 1. The monoisotopic (exact) mass is 203 g/mol. The summed E-state index contributed by atoms with van der Waals surface area (Å²) in [4.78, 5) is 15.1. The van der Waals surface area contributed by atoms with Crippen molar-refractivity contribution < 1.29 is 9.18 Å². The van der Waals surface area contributed by atoms with E-state index in [1.807, 2.05) is 6.92 Å². The van der Waals surface area contributed by atoms with Crippen LogP contribution in [0.15, 0.2) is 24.4 Å². The van der Waals surface area contributed by atoms with Crippen LogP contribution in [0.5, 0.6) is 0 Å². The zero-order chi connectivity index (χ0) is 11.0. The fourth-order valence-corrected chi connectivity index (χ4v) is 1.55. The second-order valence-corrected chi connectivity index (χ2v) is 3.54. The molecule has 0 aliphatic heterocycles. The summed E-state index contributed by atoms with van der Waals surface area (Å²) in [6.07, 6.45) is 1.56. The van der Waals surface area contributed by atoms with Crippen LogP contribution in [0.25, 0.3) is 10.9 Å². The highest BCUT2D eigenvalue weighted by Gasteiger charge is 2.08. The Morgan fingerprint density at radius 3 is 2.80 bits per heavy atom. The van der Waals surface area contributed by atoms with Gasteiger partial charge in [0.05, 0.1) is 0 Å². The number of nitrogens with zero attached hydrogens (tertiary/aromatic N) is 1. The van der Waals surface area contributed by atoms with Gasteiger partial charge in [0.1, 0.15) is 11.3 Å². The zero-order valence-corrected chi connectivity index (χ0v) is 8.54. The number of carbonyl (C=O) groups excluding carboxylic acids is 1. The first-order valence-corrected chi connectivity index (χ1v) is 4.65. The first kappa shape index (κ1) is 9.77. The minimum atomic E-state index is -0.443. The fraction of sp³-hybridized carbons (Fsp3) is 0.167. The van der Waals surface area contributed by atoms with Crippen LogP contribution in [0.4, 0.5) is 4.39 Å². The summed E-state index contributed by atoms with van der Waals surface area (Å²) in [7, 11) is 0. The topological polar surface area (TPSA) is 30.0 Å². The third-order valence-electron chi connectivity index (χ3n) is 2.42. The number of hydrogen-bond donors (Lipinski definition) is 0. The third-order valence-corrected chi connectivity index (χ3v) is 2.42. The Labute approximate surface area is 86.8 Å². The molecule has 0 N–H and O–H groups in total. The van der Waals surface area contributed by atoms with E-state index in [9.17, 15) is 9.18 Å². The molecule has 3 heteroatoms. The molecule has 1 aromatic heterocycles. The van der Waals surface area contributed by atoms with Crippen LogP contribution in [0, 0.1) is 12.7 Å². The second kappa shape index (κ2) is 3.42. The van der Waals surface area contributed by atoms with E-state index in [4.69, 9.17) is 0 Å². The highest BCUT2D eigenvalue weighted by molar-refractivity contribution is 5.98. The lowest BCUT2D eigenvalue weighted by molar-refractivity contribution is 0.101. The van der Waals surface area contributed by atoms with Crippen molar-refractivity contribution in [2.75, 3.05) is 0 Å². The van der Waals surface area contributed by atoms with E-state index in [1.165, 1.54) is 13.0 Å². The lowest BCUT2D eigenvalue weighted by Gasteiger charge is -2.04. The van der Waals surface area contributed by atoms with Gasteiger partial charge in [-0.25, -0.2) is 4.39 Å². The molecular formula is C12H10FNO. The van der Waals surface area contributed by atoms with Gasteiger partial charge in [0.25, 0.3) is 0 Å². The van der Waals surface area contributed by atoms with Crippen molar-refractivity contribution >= 4 is 16.7 Å². The van der Waals surface area contributed by atoms with E-state index in [0.29, 0.717) is 16.5 Å². The SMILES string of the molecule is CC(=O)c1cc(F)c2nccc(C)c2c1. The molecule has 0 atom stereocenters. The molecule has 1 aromatic carbocycles. The van der Waals surface area contributed by atoms with Crippen molar-refractivity contribution in [3.63, 3.8) is 0 Å². The van der Waals surface area contributed by atoms with E-state index < -0.39 is 5.82 Å². The van der Waals surface area contributed by atoms with Gasteiger partial charge in [-0.3, -0.25) is 9.78 Å². The summed E-state index contributed by atoms with van der Waals surface area (Å²) in [6, 6.07) is 4.71. The van der Waals surface area contributed by atoms with Gasteiger partial charge in [0.15, 0.2) is 5.78 Å². The van der Waals surface area contributed by atoms with E-state index in [-0.39, 0.29) is 5.78 Å². The minimum absolute atomic E-state index is 0.140. The molecule has 0 amide bonds. The second-order valence-electron chi connectivity index (χ2n) is 3.54. The summed E-state index contributed by atoms with van der Waals surface area (Å²) >= 11 is 0. The number of pyridine rings is 1. The molecule has 2 nitrogen and oxygen atoms in total. The van der Waals surface area contributed by atoms with E-state index in [2.05, 4.69) is 4.98 Å². The molecule has 0 fully saturated rings. The smallest absolute Gasteiger partial charge is 0.159 e. The first-order chi connectivity index (χ1) is 7.09. The van der Waals surface area contributed by atoms with Gasteiger partial charge in [0.2, 0.25) is 0 Å². The first-order valence-electron chi connectivity index (χ1n) is 4.65. The average molecular weight is 203 g/mol. The number of benzene rings is 1. The highest BCUT2D eigenvalue weighted by Crippen LogP contribution is 2.21. The number of carbonyl (C=O) groups is 1. The summed E-state index contributed by atoms with van der Waals surface area (Å²) in [5.41, 5.74) is 1.62. The van der Waals surface area contributed by atoms with Crippen LogP contribution in [-0.2, 0) is 0 Å². The molecule has 2 rings (SSSR count). The van der Waals surface area contributed by atoms with Crippen molar-refractivity contribution in [3.05, 3.63) is 41.3 Å². The summed E-state index contributed by atoms with van der Waals surface area (Å²) in [6.45, 7) is 3.29. The quantitative estimate of drug-likeness (QED) is 0.667. The third kappa shape index (κ3) is 1.61. The summed E-state index contributed by atoms with van der Waals surface area (Å²) in [5.74, 6) is -0.583. The predicted octanol–water partition coefficient (Wildman–Crippen LogP) is 2.88. The van der Waals surface area contributed by atoms with Crippen molar-refractivity contribution in [2.45, 2.75) is 13.8 Å². The normalized spacial score (nSPS) is 10.6. The van der Waals surface area contributed by atoms with E-state index in [1.54, 1.807) is 18.3 Å². The number of aryl methyl sites for hydroxylation is 1.